The van der Waals surface area contributed by atoms with Gasteiger partial charge < -0.3 is 14.7 Å². The summed E-state index contributed by atoms with van der Waals surface area (Å²) in [5.41, 5.74) is 9.18. The molecular weight excluding hydrogens is 260 g/mol. The smallest absolute Gasteiger partial charge is 0.410 e. The molecule has 0 radical (unpaired) electrons. The average molecular weight is 276 g/mol. The highest BCUT2D eigenvalue weighted by Crippen LogP contribution is 2.18. The number of carbonyl (C=O) groups is 1. The average Bonchev–Trinajstić information content (AvgIpc) is 2.85. The van der Waals surface area contributed by atoms with E-state index in [0.29, 0.717) is 6.54 Å². The number of aliphatic hydroxyl groups excluding tert-OH is 1. The largest absolute Gasteiger partial charge is 0.445 e. The molecule has 7 nitrogen and oxygen atoms in total. The zero-order chi connectivity index (χ0) is 14.4. The maximum Gasteiger partial charge on any atom is 0.410 e. The van der Waals surface area contributed by atoms with Gasteiger partial charge in [0.25, 0.3) is 0 Å². The molecular formula is C13H16N4O3. The van der Waals surface area contributed by atoms with Gasteiger partial charge in [0, 0.05) is 23.9 Å². The van der Waals surface area contributed by atoms with E-state index in [1.54, 1.807) is 0 Å². The molecule has 1 amide bonds. The lowest BCUT2D eigenvalue weighted by Gasteiger charge is -2.15. The normalized spacial score (nSPS) is 21.4. The summed E-state index contributed by atoms with van der Waals surface area (Å²) in [4.78, 5) is 16.0. The highest BCUT2D eigenvalue weighted by molar-refractivity contribution is 5.68. The monoisotopic (exact) mass is 276 g/mol. The van der Waals surface area contributed by atoms with Crippen LogP contribution in [0.5, 0.6) is 0 Å². The summed E-state index contributed by atoms with van der Waals surface area (Å²) in [7, 11) is 0. The first kappa shape index (κ1) is 14.2. The van der Waals surface area contributed by atoms with Crippen molar-refractivity contribution < 1.29 is 14.6 Å². The quantitative estimate of drug-likeness (QED) is 0.516. The van der Waals surface area contributed by atoms with E-state index in [1.807, 2.05) is 30.3 Å². The van der Waals surface area contributed by atoms with E-state index < -0.39 is 12.2 Å². The molecule has 1 heterocycles. The summed E-state index contributed by atoms with van der Waals surface area (Å²) < 4.78 is 5.19. The van der Waals surface area contributed by atoms with Gasteiger partial charge in [-0.25, -0.2) is 4.79 Å². The molecule has 0 unspecified atom stereocenters. The Bertz CT molecular complexity index is 502. The number of azide groups is 1. The van der Waals surface area contributed by atoms with E-state index in [2.05, 4.69) is 10.0 Å². The van der Waals surface area contributed by atoms with Gasteiger partial charge in [-0.15, -0.1) is 0 Å². The lowest BCUT2D eigenvalue weighted by Crippen LogP contribution is -2.30. The Morgan fingerprint density at radius 2 is 2.20 bits per heavy atom. The molecule has 2 rings (SSSR count). The fraction of sp³-hybridized carbons (Fsp3) is 0.462. The standard InChI is InChI=1S/C13H16N4O3/c14-16-15-6-11-7-17(8-12(11)18)13(19)20-9-10-4-2-1-3-5-10/h1-5,11-12,18H,6-9H2/t11-,12-/m0/s1. The highest BCUT2D eigenvalue weighted by atomic mass is 16.6. The Kier molecular flexibility index (Phi) is 4.81. The number of hydrogen-bond donors (Lipinski definition) is 1. The number of ether oxygens (including phenoxy) is 1. The van der Waals surface area contributed by atoms with Gasteiger partial charge >= 0.3 is 6.09 Å². The van der Waals surface area contributed by atoms with Crippen LogP contribution >= 0.6 is 0 Å². The van der Waals surface area contributed by atoms with Crippen LogP contribution in [-0.4, -0.2) is 41.8 Å². The van der Waals surface area contributed by atoms with E-state index in [1.165, 1.54) is 4.90 Å². The van der Waals surface area contributed by atoms with Crippen molar-refractivity contribution in [1.29, 1.82) is 0 Å². The minimum absolute atomic E-state index is 0.181. The molecule has 106 valence electrons. The summed E-state index contributed by atoms with van der Waals surface area (Å²) in [6.07, 6.45) is -1.14. The third-order valence-corrected chi connectivity index (χ3v) is 3.25. The second-order valence-corrected chi connectivity index (χ2v) is 4.69. The molecule has 0 saturated carbocycles. The number of rotatable bonds is 4. The molecule has 1 aliphatic rings. The van der Waals surface area contributed by atoms with Gasteiger partial charge in [-0.2, -0.15) is 0 Å². The summed E-state index contributed by atoms with van der Waals surface area (Å²) in [6.45, 7) is 0.931. The third kappa shape index (κ3) is 3.63. The number of carbonyl (C=O) groups excluding carboxylic acids is 1. The Balaban J connectivity index is 1.83. The predicted molar refractivity (Wildman–Crippen MR) is 71.7 cm³/mol. The van der Waals surface area contributed by atoms with E-state index in [4.69, 9.17) is 10.3 Å². The van der Waals surface area contributed by atoms with Crippen molar-refractivity contribution in [3.8, 4) is 0 Å². The number of β-amino-alcohol motifs (C(OH)–C–C–N with tert-alkyl or cyclic N) is 1. The number of amides is 1. The zero-order valence-electron chi connectivity index (χ0n) is 10.9. The lowest BCUT2D eigenvalue weighted by molar-refractivity contribution is 0.0967. The van der Waals surface area contributed by atoms with Gasteiger partial charge in [0.2, 0.25) is 0 Å². The van der Waals surface area contributed by atoms with Gasteiger partial charge in [-0.05, 0) is 11.1 Å². The van der Waals surface area contributed by atoms with Gasteiger partial charge in [0.05, 0.1) is 12.6 Å². The van der Waals surface area contributed by atoms with Gasteiger partial charge in [0.1, 0.15) is 6.61 Å². The van der Waals surface area contributed by atoms with Crippen molar-refractivity contribution in [2.75, 3.05) is 19.6 Å². The molecule has 0 aromatic heterocycles. The molecule has 2 atom stereocenters. The van der Waals surface area contributed by atoms with E-state index >= 15 is 0 Å². The molecule has 1 fully saturated rings. The summed E-state index contributed by atoms with van der Waals surface area (Å²) in [5.74, 6) is -0.227. The number of aliphatic hydroxyl groups is 1. The van der Waals surface area contributed by atoms with Crippen molar-refractivity contribution in [2.45, 2.75) is 12.7 Å². The van der Waals surface area contributed by atoms with Gasteiger partial charge in [-0.3, -0.25) is 0 Å². The van der Waals surface area contributed by atoms with Crippen LogP contribution in [0.4, 0.5) is 4.79 Å². The minimum Gasteiger partial charge on any atom is -0.445 e. The van der Waals surface area contributed by atoms with Gasteiger partial charge in [-0.1, -0.05) is 35.4 Å². The molecule has 1 aliphatic heterocycles. The van der Waals surface area contributed by atoms with Crippen molar-refractivity contribution in [3.05, 3.63) is 46.3 Å². The van der Waals surface area contributed by atoms with Crippen LogP contribution < -0.4 is 0 Å². The highest BCUT2D eigenvalue weighted by Gasteiger charge is 2.34. The molecule has 0 aliphatic carbocycles. The first-order valence-corrected chi connectivity index (χ1v) is 6.35. The SMILES string of the molecule is [N-]=[N+]=NC[C@H]1CN(C(=O)OCc2ccccc2)C[C@@H]1O. The van der Waals surface area contributed by atoms with Crippen LogP contribution in [0.3, 0.4) is 0 Å². The van der Waals surface area contributed by atoms with Gasteiger partial charge in [0.15, 0.2) is 0 Å². The van der Waals surface area contributed by atoms with E-state index in [-0.39, 0.29) is 25.6 Å². The minimum atomic E-state index is -0.676. The molecule has 20 heavy (non-hydrogen) atoms. The van der Waals surface area contributed by atoms with Crippen LogP contribution in [0, 0.1) is 5.92 Å². The Labute approximate surface area is 116 Å². The molecule has 7 heteroatoms. The number of benzene rings is 1. The Morgan fingerprint density at radius 3 is 2.90 bits per heavy atom. The van der Waals surface area contributed by atoms with Crippen molar-refractivity contribution >= 4 is 6.09 Å². The zero-order valence-corrected chi connectivity index (χ0v) is 10.9. The fourth-order valence-electron chi connectivity index (χ4n) is 2.13. The van der Waals surface area contributed by atoms with E-state index in [0.717, 1.165) is 5.56 Å². The van der Waals surface area contributed by atoms with Crippen LogP contribution in [0.25, 0.3) is 10.4 Å². The maximum atomic E-state index is 11.9. The first-order chi connectivity index (χ1) is 9.70. The number of nitrogens with zero attached hydrogens (tertiary/aromatic N) is 4. The molecule has 1 N–H and O–H groups in total. The molecule has 0 spiro atoms. The molecule has 1 saturated heterocycles. The summed E-state index contributed by atoms with van der Waals surface area (Å²) >= 11 is 0. The van der Waals surface area contributed by atoms with Crippen LogP contribution in [-0.2, 0) is 11.3 Å². The van der Waals surface area contributed by atoms with Crippen LogP contribution in [0.1, 0.15) is 5.56 Å². The van der Waals surface area contributed by atoms with Crippen LogP contribution in [0.2, 0.25) is 0 Å². The maximum absolute atomic E-state index is 11.9. The van der Waals surface area contributed by atoms with E-state index in [9.17, 15) is 9.90 Å². The van der Waals surface area contributed by atoms with Crippen molar-refractivity contribution in [1.82, 2.24) is 4.90 Å². The summed E-state index contributed by atoms with van der Waals surface area (Å²) in [5, 5.41) is 13.2. The molecule has 1 aromatic carbocycles. The fourth-order valence-corrected chi connectivity index (χ4v) is 2.13. The van der Waals surface area contributed by atoms with Crippen LogP contribution in [0.15, 0.2) is 35.4 Å². The lowest BCUT2D eigenvalue weighted by atomic mass is 10.1. The Hall–Kier alpha value is -2.24. The third-order valence-electron chi connectivity index (χ3n) is 3.25. The summed E-state index contributed by atoms with van der Waals surface area (Å²) in [6, 6.07) is 9.38. The first-order valence-electron chi connectivity index (χ1n) is 6.35. The second-order valence-electron chi connectivity index (χ2n) is 4.69. The predicted octanol–water partition coefficient (Wildman–Crippen LogP) is 1.93. The number of likely N-dealkylation sites (tertiary alicyclic amines) is 1. The topological polar surface area (TPSA) is 98.5 Å². The second kappa shape index (κ2) is 6.79. The molecule has 0 bridgehead atoms. The Morgan fingerprint density at radius 1 is 1.45 bits per heavy atom. The molecule has 1 aromatic rings. The number of hydrogen-bond acceptors (Lipinski definition) is 4. The van der Waals surface area contributed by atoms with Crippen molar-refractivity contribution in [2.24, 2.45) is 11.0 Å². The van der Waals surface area contributed by atoms with Crippen molar-refractivity contribution in [3.63, 3.8) is 0 Å².